The van der Waals surface area contributed by atoms with Crippen molar-refractivity contribution in [2.24, 2.45) is 0 Å². The third-order valence-electron chi connectivity index (χ3n) is 9.53. The van der Waals surface area contributed by atoms with Crippen molar-refractivity contribution in [1.82, 2.24) is 9.13 Å². The van der Waals surface area contributed by atoms with Gasteiger partial charge in [0.05, 0.1) is 22.1 Å². The molecule has 0 fully saturated rings. The van der Waals surface area contributed by atoms with Gasteiger partial charge in [-0.15, -0.1) is 0 Å². The highest BCUT2D eigenvalue weighted by Crippen LogP contribution is 2.47. The molecule has 0 amide bonds. The Kier molecular flexibility index (Phi) is 5.00. The smallest absolute Gasteiger partial charge is 0.0742 e. The van der Waals surface area contributed by atoms with Crippen LogP contribution in [0, 0.1) is 69.2 Å². The molecule has 0 aliphatic heterocycles. The maximum Gasteiger partial charge on any atom is 0.0742 e. The van der Waals surface area contributed by atoms with E-state index >= 15 is 0 Å². The van der Waals surface area contributed by atoms with Crippen molar-refractivity contribution in [2.45, 2.75) is 96.2 Å². The molecule has 0 N–H and O–H groups in total. The first-order chi connectivity index (χ1) is 16.0. The van der Waals surface area contributed by atoms with E-state index in [0.29, 0.717) is 0 Å². The Hall–Kier alpha value is -2.74. The van der Waals surface area contributed by atoms with Crippen molar-refractivity contribution in [3.63, 3.8) is 0 Å². The quantitative estimate of drug-likeness (QED) is 0.253. The van der Waals surface area contributed by atoms with Gasteiger partial charge in [-0.25, -0.2) is 0 Å². The number of aromatic nitrogens is 2. The zero-order chi connectivity index (χ0) is 25.0. The van der Waals surface area contributed by atoms with Gasteiger partial charge in [0.25, 0.3) is 0 Å². The van der Waals surface area contributed by atoms with E-state index in [4.69, 9.17) is 0 Å². The molecule has 2 heterocycles. The molecule has 34 heavy (non-hydrogen) atoms. The van der Waals surface area contributed by atoms with Crippen LogP contribution in [0.5, 0.6) is 0 Å². The summed E-state index contributed by atoms with van der Waals surface area (Å²) in [7, 11) is 0. The van der Waals surface area contributed by atoms with E-state index in [1.54, 1.807) is 0 Å². The minimum Gasteiger partial charge on any atom is -0.339 e. The first kappa shape index (κ1) is 23.0. The van der Waals surface area contributed by atoms with Crippen LogP contribution >= 0.6 is 0 Å². The van der Waals surface area contributed by atoms with E-state index < -0.39 is 0 Å². The van der Waals surface area contributed by atoms with E-state index in [-0.39, 0.29) is 0 Å². The molecule has 0 spiro atoms. The van der Waals surface area contributed by atoms with E-state index in [9.17, 15) is 0 Å². The Morgan fingerprint density at radius 1 is 0.324 bits per heavy atom. The molecule has 0 aliphatic rings. The predicted molar refractivity (Wildman–Crippen MR) is 151 cm³/mol. The second-order valence-electron chi connectivity index (χ2n) is 10.6. The van der Waals surface area contributed by atoms with Crippen LogP contribution in [0.15, 0.2) is 0 Å². The summed E-state index contributed by atoms with van der Waals surface area (Å²) in [6.07, 6.45) is 0. The van der Waals surface area contributed by atoms with Crippen LogP contribution in [-0.4, -0.2) is 9.13 Å². The van der Waals surface area contributed by atoms with Crippen LogP contribution in [0.4, 0.5) is 0 Å². The highest BCUT2D eigenvalue weighted by molar-refractivity contribution is 6.27. The highest BCUT2D eigenvalue weighted by Gasteiger charge is 2.27. The fourth-order valence-corrected chi connectivity index (χ4v) is 6.83. The number of nitrogens with zero attached hydrogens (tertiary/aromatic N) is 2. The van der Waals surface area contributed by atoms with E-state index in [2.05, 4.69) is 92.2 Å². The molecule has 0 bridgehead atoms. The van der Waals surface area contributed by atoms with Crippen molar-refractivity contribution in [2.75, 3.05) is 0 Å². The van der Waals surface area contributed by atoms with Crippen molar-refractivity contribution >= 4 is 43.6 Å². The average molecular weight is 453 g/mol. The van der Waals surface area contributed by atoms with Gasteiger partial charge in [-0.1, -0.05) is 0 Å². The zero-order valence-corrected chi connectivity index (χ0v) is 23.3. The number of hydrogen-bond acceptors (Lipinski definition) is 0. The minimum absolute atomic E-state index is 0.974. The van der Waals surface area contributed by atoms with Crippen molar-refractivity contribution in [1.29, 1.82) is 0 Å². The highest BCUT2D eigenvalue weighted by atomic mass is 15.0. The first-order valence-electron chi connectivity index (χ1n) is 12.9. The van der Waals surface area contributed by atoms with Crippen molar-refractivity contribution in [3.8, 4) is 0 Å². The molecule has 2 heteroatoms. The average Bonchev–Trinajstić information content (AvgIpc) is 3.35. The fourth-order valence-electron chi connectivity index (χ4n) is 6.83. The van der Waals surface area contributed by atoms with Gasteiger partial charge in [0, 0.05) is 34.6 Å². The summed E-state index contributed by atoms with van der Waals surface area (Å²) >= 11 is 0. The molecule has 0 atom stereocenters. The molecule has 3 aromatic carbocycles. The Labute approximate surface area is 204 Å². The Balaban J connectivity index is 2.29. The number of fused-ring (bicyclic) bond motifs is 7. The molecular weight excluding hydrogens is 412 g/mol. The van der Waals surface area contributed by atoms with Crippen LogP contribution in [0.25, 0.3) is 43.6 Å². The number of aryl methyl sites for hydroxylation is 8. The standard InChI is InChI=1S/C32H40N2/c1-13-33-29-23(11)17(5)15(3)19(7)25(29)27-21(9)22(10)28-26-20(8)16(4)18(6)24(12)30(26)34(14-2)32(28)31(27)33/h13-14H2,1-12H3. The Morgan fingerprint density at radius 2 is 0.559 bits per heavy atom. The molecule has 0 saturated heterocycles. The summed E-state index contributed by atoms with van der Waals surface area (Å²) < 4.78 is 5.26. The third-order valence-corrected chi connectivity index (χ3v) is 9.53. The third kappa shape index (κ3) is 2.47. The van der Waals surface area contributed by atoms with E-state index in [1.807, 2.05) is 0 Å². The monoisotopic (exact) mass is 452 g/mol. The van der Waals surface area contributed by atoms with Gasteiger partial charge >= 0.3 is 0 Å². The lowest BCUT2D eigenvalue weighted by Gasteiger charge is -2.14. The van der Waals surface area contributed by atoms with Crippen molar-refractivity contribution < 1.29 is 0 Å². The van der Waals surface area contributed by atoms with Gasteiger partial charge in [-0.05, 0) is 139 Å². The van der Waals surface area contributed by atoms with Crippen LogP contribution in [0.2, 0.25) is 0 Å². The zero-order valence-electron chi connectivity index (χ0n) is 23.3. The molecule has 178 valence electrons. The number of rotatable bonds is 2. The van der Waals surface area contributed by atoms with Crippen LogP contribution < -0.4 is 0 Å². The summed E-state index contributed by atoms with van der Waals surface area (Å²) in [6, 6.07) is 0. The van der Waals surface area contributed by atoms with E-state index in [0.717, 1.165) is 13.1 Å². The largest absolute Gasteiger partial charge is 0.339 e. The van der Waals surface area contributed by atoms with Gasteiger partial charge in [0.1, 0.15) is 0 Å². The molecule has 5 rings (SSSR count). The predicted octanol–water partition coefficient (Wildman–Crippen LogP) is 9.03. The SMILES string of the molecule is CCn1c2c(C)c(C)c(C)c(C)c2c2c(C)c(C)c3c4c(C)c(C)c(C)c(C)c4n(CC)c3c21. The molecule has 5 aromatic rings. The topological polar surface area (TPSA) is 9.86 Å². The van der Waals surface area contributed by atoms with Gasteiger partial charge in [-0.2, -0.15) is 0 Å². The van der Waals surface area contributed by atoms with Gasteiger partial charge in [-0.3, -0.25) is 0 Å². The molecule has 0 unspecified atom stereocenters. The molecule has 2 aromatic heterocycles. The maximum absolute atomic E-state index is 2.63. The van der Waals surface area contributed by atoms with Gasteiger partial charge < -0.3 is 9.13 Å². The lowest BCUT2D eigenvalue weighted by molar-refractivity contribution is 0.805. The summed E-state index contributed by atoms with van der Waals surface area (Å²) in [5, 5.41) is 5.86. The second-order valence-corrected chi connectivity index (χ2v) is 10.6. The molecule has 2 nitrogen and oxygen atoms in total. The van der Waals surface area contributed by atoms with Gasteiger partial charge in [0.15, 0.2) is 0 Å². The first-order valence-corrected chi connectivity index (χ1v) is 12.9. The molecule has 0 aliphatic carbocycles. The number of benzene rings is 3. The summed E-state index contributed by atoms with van der Waals surface area (Å²) in [4.78, 5) is 0. The van der Waals surface area contributed by atoms with Crippen LogP contribution in [0.3, 0.4) is 0 Å². The summed E-state index contributed by atoms with van der Waals surface area (Å²) in [5.41, 5.74) is 20.1. The molecule has 0 saturated carbocycles. The molecule has 0 radical (unpaired) electrons. The number of hydrogen-bond donors (Lipinski definition) is 0. The Morgan fingerprint density at radius 3 is 0.853 bits per heavy atom. The maximum atomic E-state index is 2.63. The normalized spacial score (nSPS) is 12.4. The Bertz CT molecular complexity index is 1570. The van der Waals surface area contributed by atoms with Crippen LogP contribution in [0.1, 0.15) is 69.5 Å². The van der Waals surface area contributed by atoms with Crippen LogP contribution in [-0.2, 0) is 13.1 Å². The molecular formula is C32H40N2. The van der Waals surface area contributed by atoms with E-state index in [1.165, 1.54) is 99.2 Å². The lowest BCUT2D eigenvalue weighted by atomic mass is 9.90. The van der Waals surface area contributed by atoms with Crippen molar-refractivity contribution in [3.05, 3.63) is 55.6 Å². The second kappa shape index (κ2) is 7.38. The lowest BCUT2D eigenvalue weighted by Crippen LogP contribution is -2.02. The summed E-state index contributed by atoms with van der Waals surface area (Å²) in [6.45, 7) is 29.8. The van der Waals surface area contributed by atoms with Gasteiger partial charge in [0.2, 0.25) is 0 Å². The summed E-state index contributed by atoms with van der Waals surface area (Å²) in [5.74, 6) is 0. The fraction of sp³-hybridized carbons (Fsp3) is 0.438. The minimum atomic E-state index is 0.974.